The van der Waals surface area contributed by atoms with Gasteiger partial charge in [-0.15, -0.1) is 0 Å². The lowest BCUT2D eigenvalue weighted by Gasteiger charge is -2.15. The fourth-order valence-corrected chi connectivity index (χ4v) is 3.95. The van der Waals surface area contributed by atoms with Gasteiger partial charge in [0.05, 0.1) is 16.1 Å². The maximum Gasteiger partial charge on any atom is 0.431 e. The summed E-state index contributed by atoms with van der Waals surface area (Å²) in [5.41, 5.74) is -5.06. The summed E-state index contributed by atoms with van der Waals surface area (Å²) in [5.74, 6) is -1.10. The molecule has 0 saturated carbocycles. The standard InChI is InChI=1S/C22H15F4N3O4S/c1-12(30)11-33-16-5-3-4-6-17(16)34-18-8-15(14(23)7-13(18)10-27)29-20(31)9-19(22(24,25)26)28(2)21(29)32/h3-9H,11H2,1-2H3. The molecule has 0 aliphatic heterocycles. The first-order valence-electron chi connectivity index (χ1n) is 9.47. The van der Waals surface area contributed by atoms with Gasteiger partial charge in [-0.25, -0.2) is 13.8 Å². The van der Waals surface area contributed by atoms with Gasteiger partial charge in [0.1, 0.15) is 29.9 Å². The Balaban J connectivity index is 2.17. The lowest BCUT2D eigenvalue weighted by atomic mass is 10.2. The molecule has 2 aromatic carbocycles. The molecule has 0 atom stereocenters. The quantitative estimate of drug-likeness (QED) is 0.487. The van der Waals surface area contributed by atoms with Crippen LogP contribution in [-0.2, 0) is 18.0 Å². The van der Waals surface area contributed by atoms with Crippen LogP contribution in [0.4, 0.5) is 17.6 Å². The molecular formula is C22H15F4N3O4S. The minimum Gasteiger partial charge on any atom is -0.485 e. The minimum atomic E-state index is -4.97. The average Bonchev–Trinajstić information content (AvgIpc) is 2.76. The third-order valence-electron chi connectivity index (χ3n) is 4.52. The number of para-hydroxylation sites is 1. The molecule has 3 aromatic rings. The molecule has 7 nitrogen and oxygen atoms in total. The fraction of sp³-hybridized carbons (Fsp3) is 0.182. The number of Topliss-reactive ketones (excluding diaryl/α,β-unsaturated/α-hetero) is 1. The maximum absolute atomic E-state index is 14.8. The summed E-state index contributed by atoms with van der Waals surface area (Å²) < 4.78 is 60.1. The molecule has 0 unspecified atom stereocenters. The number of nitriles is 1. The highest BCUT2D eigenvalue weighted by Crippen LogP contribution is 2.38. The zero-order valence-electron chi connectivity index (χ0n) is 17.6. The molecule has 0 saturated heterocycles. The van der Waals surface area contributed by atoms with Gasteiger partial charge < -0.3 is 4.74 Å². The van der Waals surface area contributed by atoms with Gasteiger partial charge >= 0.3 is 11.9 Å². The normalized spacial score (nSPS) is 11.2. The number of carbonyl (C=O) groups is 1. The molecule has 1 heterocycles. The van der Waals surface area contributed by atoms with Crippen LogP contribution in [0.25, 0.3) is 5.69 Å². The lowest BCUT2D eigenvalue weighted by Crippen LogP contribution is -2.41. The van der Waals surface area contributed by atoms with Crippen molar-refractivity contribution in [1.29, 1.82) is 5.26 Å². The van der Waals surface area contributed by atoms with Crippen LogP contribution in [0.15, 0.2) is 61.8 Å². The van der Waals surface area contributed by atoms with Crippen LogP contribution in [0, 0.1) is 17.1 Å². The Morgan fingerprint density at radius 2 is 1.82 bits per heavy atom. The van der Waals surface area contributed by atoms with E-state index in [1.54, 1.807) is 30.3 Å². The fourth-order valence-electron chi connectivity index (χ4n) is 2.96. The third kappa shape index (κ3) is 5.04. The second kappa shape index (κ2) is 9.56. The Morgan fingerprint density at radius 1 is 1.15 bits per heavy atom. The predicted octanol–water partition coefficient (Wildman–Crippen LogP) is 3.68. The first-order valence-corrected chi connectivity index (χ1v) is 10.3. The lowest BCUT2D eigenvalue weighted by molar-refractivity contribution is -0.144. The van der Waals surface area contributed by atoms with Crippen molar-refractivity contribution in [1.82, 2.24) is 9.13 Å². The van der Waals surface area contributed by atoms with Gasteiger partial charge in [0, 0.05) is 18.0 Å². The summed E-state index contributed by atoms with van der Waals surface area (Å²) >= 11 is 0.928. The monoisotopic (exact) mass is 493 g/mol. The van der Waals surface area contributed by atoms with Gasteiger partial charge in [-0.05, 0) is 31.2 Å². The zero-order valence-corrected chi connectivity index (χ0v) is 18.5. The van der Waals surface area contributed by atoms with Crippen molar-refractivity contribution in [3.63, 3.8) is 0 Å². The molecule has 3 rings (SSSR count). The molecule has 0 radical (unpaired) electrons. The van der Waals surface area contributed by atoms with Crippen molar-refractivity contribution in [2.24, 2.45) is 7.05 Å². The molecule has 176 valence electrons. The third-order valence-corrected chi connectivity index (χ3v) is 5.64. The average molecular weight is 493 g/mol. The Morgan fingerprint density at radius 3 is 2.44 bits per heavy atom. The SMILES string of the molecule is CC(=O)COc1ccccc1Sc1cc(-n2c(=O)cc(C(F)(F)F)n(C)c2=O)c(F)cc1C#N. The van der Waals surface area contributed by atoms with Crippen LogP contribution in [0.5, 0.6) is 5.75 Å². The van der Waals surface area contributed by atoms with Crippen molar-refractivity contribution in [2.45, 2.75) is 22.9 Å². The van der Waals surface area contributed by atoms with Crippen molar-refractivity contribution in [3.8, 4) is 17.5 Å². The number of nitrogens with zero attached hydrogens (tertiary/aromatic N) is 3. The van der Waals surface area contributed by atoms with E-state index in [-0.39, 0.29) is 38.0 Å². The molecular weight excluding hydrogens is 478 g/mol. The Hall–Kier alpha value is -3.85. The van der Waals surface area contributed by atoms with E-state index in [0.717, 1.165) is 30.9 Å². The zero-order chi connectivity index (χ0) is 25.2. The molecule has 1 aromatic heterocycles. The number of hydrogen-bond donors (Lipinski definition) is 0. The number of alkyl halides is 3. The van der Waals surface area contributed by atoms with E-state index in [1.807, 2.05) is 0 Å². The summed E-state index contributed by atoms with van der Waals surface area (Å²) in [6, 6.07) is 10.3. The first-order chi connectivity index (χ1) is 15.9. The van der Waals surface area contributed by atoms with E-state index >= 15 is 0 Å². The topological polar surface area (TPSA) is 94.1 Å². The summed E-state index contributed by atoms with van der Waals surface area (Å²) in [6.07, 6.45) is -4.97. The van der Waals surface area contributed by atoms with Crippen LogP contribution in [-0.4, -0.2) is 21.5 Å². The molecule has 0 aliphatic rings. The van der Waals surface area contributed by atoms with E-state index in [2.05, 4.69) is 0 Å². The van der Waals surface area contributed by atoms with Gasteiger partial charge in [0.15, 0.2) is 5.78 Å². The number of hydrogen-bond acceptors (Lipinski definition) is 6. The van der Waals surface area contributed by atoms with Gasteiger partial charge in [0.25, 0.3) is 5.56 Å². The van der Waals surface area contributed by atoms with E-state index < -0.39 is 34.6 Å². The molecule has 0 fully saturated rings. The Bertz CT molecular complexity index is 1440. The smallest absolute Gasteiger partial charge is 0.431 e. The number of halogens is 4. The maximum atomic E-state index is 14.8. The highest BCUT2D eigenvalue weighted by atomic mass is 32.2. The molecule has 0 amide bonds. The largest absolute Gasteiger partial charge is 0.485 e. The van der Waals surface area contributed by atoms with Crippen molar-refractivity contribution >= 4 is 17.5 Å². The van der Waals surface area contributed by atoms with Gasteiger partial charge in [-0.1, -0.05) is 23.9 Å². The summed E-state index contributed by atoms with van der Waals surface area (Å²) in [5, 5.41) is 9.44. The van der Waals surface area contributed by atoms with Gasteiger partial charge in [-0.2, -0.15) is 18.4 Å². The summed E-state index contributed by atoms with van der Waals surface area (Å²) in [6.45, 7) is 1.12. The Kier molecular flexibility index (Phi) is 6.97. The predicted molar refractivity (Wildman–Crippen MR) is 114 cm³/mol. The molecule has 0 spiro atoms. The highest BCUT2D eigenvalue weighted by Gasteiger charge is 2.35. The van der Waals surface area contributed by atoms with Crippen LogP contribution >= 0.6 is 11.8 Å². The van der Waals surface area contributed by atoms with Gasteiger partial charge in [-0.3, -0.25) is 14.2 Å². The molecule has 34 heavy (non-hydrogen) atoms. The summed E-state index contributed by atoms with van der Waals surface area (Å²) in [7, 11) is 0.806. The number of ether oxygens (including phenoxy) is 1. The van der Waals surface area contributed by atoms with Crippen molar-refractivity contribution in [3.05, 3.63) is 80.4 Å². The number of carbonyl (C=O) groups excluding carboxylic acids is 1. The van der Waals surface area contributed by atoms with Crippen LogP contribution in [0.2, 0.25) is 0 Å². The van der Waals surface area contributed by atoms with Crippen molar-refractivity contribution < 1.29 is 27.1 Å². The van der Waals surface area contributed by atoms with Crippen LogP contribution in [0.3, 0.4) is 0 Å². The van der Waals surface area contributed by atoms with E-state index in [4.69, 9.17) is 4.74 Å². The highest BCUT2D eigenvalue weighted by molar-refractivity contribution is 7.99. The minimum absolute atomic E-state index is 0.103. The molecule has 0 N–H and O–H groups in total. The number of ketones is 1. The summed E-state index contributed by atoms with van der Waals surface area (Å²) in [4.78, 5) is 36.8. The van der Waals surface area contributed by atoms with Gasteiger partial charge in [0.2, 0.25) is 0 Å². The van der Waals surface area contributed by atoms with Crippen molar-refractivity contribution in [2.75, 3.05) is 6.61 Å². The number of aromatic nitrogens is 2. The Labute approximate surface area is 193 Å². The van der Waals surface area contributed by atoms with Crippen LogP contribution in [0.1, 0.15) is 18.2 Å². The second-order valence-electron chi connectivity index (χ2n) is 6.99. The molecule has 0 aliphatic carbocycles. The van der Waals surface area contributed by atoms with E-state index in [1.165, 1.54) is 6.92 Å². The first kappa shape index (κ1) is 24.8. The van der Waals surface area contributed by atoms with Crippen LogP contribution < -0.4 is 16.0 Å². The van der Waals surface area contributed by atoms with E-state index in [9.17, 15) is 37.2 Å². The number of benzene rings is 2. The molecule has 12 heteroatoms. The number of rotatable bonds is 6. The van der Waals surface area contributed by atoms with E-state index in [0.29, 0.717) is 10.6 Å². The molecule has 0 bridgehead atoms. The second-order valence-corrected chi connectivity index (χ2v) is 8.08.